The van der Waals surface area contributed by atoms with Crippen LogP contribution in [-0.4, -0.2) is 31.3 Å². The smallest absolute Gasteiger partial charge is 0.395 e. The highest BCUT2D eigenvalue weighted by molar-refractivity contribution is 5.96. The molecule has 0 saturated heterocycles. The fraction of sp³-hybridized carbons (Fsp3) is 0.833. The van der Waals surface area contributed by atoms with Crippen molar-refractivity contribution in [1.82, 2.24) is 0 Å². The van der Waals surface area contributed by atoms with Gasteiger partial charge in [-0.25, -0.2) is 0 Å². The van der Waals surface area contributed by atoms with Gasteiger partial charge in [0.25, 0.3) is 0 Å². The van der Waals surface area contributed by atoms with Crippen LogP contribution in [0.4, 0.5) is 13.2 Å². The summed E-state index contributed by atoms with van der Waals surface area (Å²) >= 11 is 0. The highest BCUT2D eigenvalue weighted by Crippen LogP contribution is 2.44. The molecule has 112 valence electrons. The van der Waals surface area contributed by atoms with Gasteiger partial charge in [0.05, 0.1) is 18.6 Å². The standard InChI is InChI=1S/C12H19F3O4/c1-5-7-19-10(17)8(9(16)18-6-2)11(3,4)12(13,14)15/h8H,5-7H2,1-4H3. The van der Waals surface area contributed by atoms with Gasteiger partial charge >= 0.3 is 18.1 Å². The third-order valence-corrected chi connectivity index (χ3v) is 2.66. The van der Waals surface area contributed by atoms with Crippen LogP contribution in [-0.2, 0) is 19.1 Å². The molecule has 1 unspecified atom stereocenters. The Labute approximate surface area is 110 Å². The van der Waals surface area contributed by atoms with E-state index >= 15 is 0 Å². The maximum atomic E-state index is 13.0. The van der Waals surface area contributed by atoms with E-state index in [1.54, 1.807) is 6.92 Å². The molecule has 1 atom stereocenters. The van der Waals surface area contributed by atoms with Gasteiger partial charge in [0, 0.05) is 0 Å². The molecular weight excluding hydrogens is 265 g/mol. The molecule has 0 rings (SSSR count). The molecule has 0 aliphatic heterocycles. The third kappa shape index (κ3) is 4.40. The van der Waals surface area contributed by atoms with Crippen LogP contribution in [0.1, 0.15) is 34.1 Å². The number of esters is 2. The molecule has 7 heteroatoms. The summed E-state index contributed by atoms with van der Waals surface area (Å²) in [6.45, 7) is 4.56. The van der Waals surface area contributed by atoms with E-state index in [9.17, 15) is 22.8 Å². The van der Waals surface area contributed by atoms with Crippen molar-refractivity contribution in [1.29, 1.82) is 0 Å². The predicted molar refractivity (Wildman–Crippen MR) is 61.2 cm³/mol. The molecule has 0 aliphatic rings. The van der Waals surface area contributed by atoms with Crippen LogP contribution in [0.25, 0.3) is 0 Å². The molecule has 4 nitrogen and oxygen atoms in total. The molecule has 0 aromatic rings. The van der Waals surface area contributed by atoms with Gasteiger partial charge in [-0.1, -0.05) is 6.92 Å². The first-order chi connectivity index (χ1) is 8.59. The van der Waals surface area contributed by atoms with E-state index in [-0.39, 0.29) is 13.2 Å². The summed E-state index contributed by atoms with van der Waals surface area (Å²) in [5.41, 5.74) is -2.55. The lowest BCUT2D eigenvalue weighted by atomic mass is 9.78. The van der Waals surface area contributed by atoms with Gasteiger partial charge < -0.3 is 9.47 Å². The highest BCUT2D eigenvalue weighted by atomic mass is 19.4. The molecule has 0 aliphatic carbocycles. The topological polar surface area (TPSA) is 52.6 Å². The Morgan fingerprint density at radius 1 is 1.05 bits per heavy atom. The molecule has 19 heavy (non-hydrogen) atoms. The van der Waals surface area contributed by atoms with Gasteiger partial charge in [-0.15, -0.1) is 0 Å². The molecule has 0 heterocycles. The van der Waals surface area contributed by atoms with E-state index < -0.39 is 29.4 Å². The Hall–Kier alpha value is -1.27. The van der Waals surface area contributed by atoms with Gasteiger partial charge in [0.1, 0.15) is 0 Å². The van der Waals surface area contributed by atoms with Gasteiger partial charge in [-0.05, 0) is 27.2 Å². The molecular formula is C12H19F3O4. The number of hydrogen-bond donors (Lipinski definition) is 0. The molecule has 0 fully saturated rings. The summed E-state index contributed by atoms with van der Waals surface area (Å²) in [6.07, 6.45) is -4.27. The van der Waals surface area contributed by atoms with Crippen molar-refractivity contribution in [2.24, 2.45) is 11.3 Å². The minimum atomic E-state index is -4.73. The van der Waals surface area contributed by atoms with Crippen LogP contribution >= 0.6 is 0 Å². The number of rotatable bonds is 6. The molecule has 0 bridgehead atoms. The zero-order valence-electron chi connectivity index (χ0n) is 11.5. The van der Waals surface area contributed by atoms with E-state index in [2.05, 4.69) is 9.47 Å². The average molecular weight is 284 g/mol. The second-order valence-corrected chi connectivity index (χ2v) is 4.57. The molecule has 0 aromatic carbocycles. The Morgan fingerprint density at radius 2 is 1.53 bits per heavy atom. The SMILES string of the molecule is CCCOC(=O)C(C(=O)OCC)C(C)(C)C(F)(F)F. The average Bonchev–Trinajstić information content (AvgIpc) is 2.24. The molecule has 0 spiro atoms. The van der Waals surface area contributed by atoms with Gasteiger partial charge in [-0.2, -0.15) is 13.2 Å². The fourth-order valence-electron chi connectivity index (χ4n) is 1.36. The summed E-state index contributed by atoms with van der Waals surface area (Å²) in [5.74, 6) is -4.44. The van der Waals surface area contributed by atoms with E-state index in [0.29, 0.717) is 6.42 Å². The quantitative estimate of drug-likeness (QED) is 0.556. The summed E-state index contributed by atoms with van der Waals surface area (Å²) in [4.78, 5) is 23.3. The van der Waals surface area contributed by atoms with Crippen LogP contribution in [0.5, 0.6) is 0 Å². The lowest BCUT2D eigenvalue weighted by molar-refractivity contribution is -0.236. The Kier molecular flexibility index (Phi) is 6.32. The first-order valence-electron chi connectivity index (χ1n) is 5.99. The summed E-state index contributed by atoms with van der Waals surface area (Å²) < 4.78 is 48.1. The highest BCUT2D eigenvalue weighted by Gasteiger charge is 2.59. The Morgan fingerprint density at radius 3 is 1.89 bits per heavy atom. The van der Waals surface area contributed by atoms with Crippen molar-refractivity contribution >= 4 is 11.9 Å². The molecule has 0 radical (unpaired) electrons. The zero-order valence-corrected chi connectivity index (χ0v) is 11.5. The van der Waals surface area contributed by atoms with Gasteiger partial charge in [-0.3, -0.25) is 9.59 Å². The fourth-order valence-corrected chi connectivity index (χ4v) is 1.36. The monoisotopic (exact) mass is 284 g/mol. The number of halogens is 3. The van der Waals surface area contributed by atoms with E-state index in [4.69, 9.17) is 0 Å². The van der Waals surface area contributed by atoms with Crippen molar-refractivity contribution in [2.45, 2.75) is 40.3 Å². The van der Waals surface area contributed by atoms with Crippen LogP contribution in [0, 0.1) is 11.3 Å². The van der Waals surface area contributed by atoms with Crippen LogP contribution < -0.4 is 0 Å². The largest absolute Gasteiger partial charge is 0.465 e. The Bertz CT molecular complexity index is 323. The maximum Gasteiger partial charge on any atom is 0.395 e. The first-order valence-corrected chi connectivity index (χ1v) is 5.99. The predicted octanol–water partition coefficient (Wildman–Crippen LogP) is 2.71. The number of hydrogen-bond acceptors (Lipinski definition) is 4. The minimum Gasteiger partial charge on any atom is -0.465 e. The molecule has 0 saturated carbocycles. The zero-order chi connectivity index (χ0) is 15.3. The summed E-state index contributed by atoms with van der Waals surface area (Å²) in [5, 5.41) is 0. The van der Waals surface area contributed by atoms with Crippen molar-refractivity contribution < 1.29 is 32.2 Å². The van der Waals surface area contributed by atoms with E-state index in [1.807, 2.05) is 0 Å². The number of ether oxygens (including phenoxy) is 2. The Balaban J connectivity index is 5.28. The van der Waals surface area contributed by atoms with E-state index in [1.165, 1.54) is 6.92 Å². The minimum absolute atomic E-state index is 0.0390. The van der Waals surface area contributed by atoms with Crippen LogP contribution in [0.15, 0.2) is 0 Å². The van der Waals surface area contributed by atoms with Crippen molar-refractivity contribution in [3.63, 3.8) is 0 Å². The third-order valence-electron chi connectivity index (χ3n) is 2.66. The summed E-state index contributed by atoms with van der Waals surface area (Å²) in [6, 6.07) is 0. The summed E-state index contributed by atoms with van der Waals surface area (Å²) in [7, 11) is 0. The maximum absolute atomic E-state index is 13.0. The molecule has 0 amide bonds. The van der Waals surface area contributed by atoms with E-state index in [0.717, 1.165) is 13.8 Å². The normalized spacial score (nSPS) is 13.8. The number of carbonyl (C=O) groups excluding carboxylic acids is 2. The molecule has 0 aromatic heterocycles. The molecule has 0 N–H and O–H groups in total. The van der Waals surface area contributed by atoms with Gasteiger partial charge in [0.2, 0.25) is 0 Å². The second kappa shape index (κ2) is 6.77. The van der Waals surface area contributed by atoms with Crippen LogP contribution in [0.2, 0.25) is 0 Å². The number of carbonyl (C=O) groups is 2. The first kappa shape index (κ1) is 17.7. The van der Waals surface area contributed by atoms with Crippen molar-refractivity contribution in [3.8, 4) is 0 Å². The van der Waals surface area contributed by atoms with Crippen LogP contribution in [0.3, 0.4) is 0 Å². The van der Waals surface area contributed by atoms with Gasteiger partial charge in [0.15, 0.2) is 5.92 Å². The van der Waals surface area contributed by atoms with Crippen molar-refractivity contribution in [2.75, 3.05) is 13.2 Å². The second-order valence-electron chi connectivity index (χ2n) is 4.57. The number of alkyl halides is 3. The lowest BCUT2D eigenvalue weighted by Crippen LogP contribution is -2.48. The van der Waals surface area contributed by atoms with Crippen molar-refractivity contribution in [3.05, 3.63) is 0 Å². The lowest BCUT2D eigenvalue weighted by Gasteiger charge is -2.32.